The number of hydrogen-bond acceptors (Lipinski definition) is 3. The van der Waals surface area contributed by atoms with Crippen molar-refractivity contribution in [2.45, 2.75) is 45.1 Å². The third-order valence-electron chi connectivity index (χ3n) is 3.94. The second-order valence-electron chi connectivity index (χ2n) is 5.36. The number of anilines is 1. The zero-order valence-electron chi connectivity index (χ0n) is 11.6. The summed E-state index contributed by atoms with van der Waals surface area (Å²) in [6, 6.07) is 2.20. The molecule has 110 valence electrons. The number of hydrogen-bond donors (Lipinski definition) is 2. The molecule has 0 heterocycles. The van der Waals surface area contributed by atoms with Crippen LogP contribution in [0, 0.1) is 11.7 Å². The zero-order valence-corrected chi connectivity index (χ0v) is 11.6. The van der Waals surface area contributed by atoms with Gasteiger partial charge in [0.05, 0.1) is 11.7 Å². The van der Waals surface area contributed by atoms with Crippen molar-refractivity contribution < 1.29 is 19.0 Å². The number of aromatic carboxylic acids is 1. The number of ether oxygens (including phenoxy) is 1. The van der Waals surface area contributed by atoms with Crippen LogP contribution in [0.3, 0.4) is 0 Å². The van der Waals surface area contributed by atoms with Crippen molar-refractivity contribution in [3.63, 3.8) is 0 Å². The van der Waals surface area contributed by atoms with E-state index in [2.05, 4.69) is 6.92 Å². The highest BCUT2D eigenvalue weighted by atomic mass is 19.1. The lowest BCUT2D eigenvalue weighted by Crippen LogP contribution is -2.25. The fourth-order valence-electron chi connectivity index (χ4n) is 2.74. The maximum Gasteiger partial charge on any atom is 0.337 e. The molecular weight excluding hydrogens is 261 g/mol. The number of nitrogens with two attached hydrogens (primary N) is 1. The van der Waals surface area contributed by atoms with Gasteiger partial charge in [-0.1, -0.05) is 19.8 Å². The molecule has 0 bridgehead atoms. The summed E-state index contributed by atoms with van der Waals surface area (Å²) in [5, 5.41) is 9.01. The molecular formula is C15H20FNO3. The highest BCUT2D eigenvalue weighted by Gasteiger charge is 2.24. The van der Waals surface area contributed by atoms with Crippen LogP contribution in [-0.4, -0.2) is 17.2 Å². The van der Waals surface area contributed by atoms with E-state index in [1.807, 2.05) is 0 Å². The number of nitrogen functional groups attached to an aromatic ring is 1. The van der Waals surface area contributed by atoms with Crippen LogP contribution in [0.4, 0.5) is 10.1 Å². The molecule has 0 radical (unpaired) electrons. The molecule has 0 saturated heterocycles. The average molecular weight is 281 g/mol. The van der Waals surface area contributed by atoms with E-state index in [-0.39, 0.29) is 23.1 Å². The van der Waals surface area contributed by atoms with Gasteiger partial charge in [-0.3, -0.25) is 0 Å². The lowest BCUT2D eigenvalue weighted by molar-refractivity contribution is 0.0696. The number of carboxylic acid groups (broad SMARTS) is 1. The standard InChI is InChI=1S/C15H20FNO3/c1-2-9-4-3-5-10(6-9)20-14-7-11(15(18)19)13(17)8-12(14)16/h7-10H,2-6,17H2,1H3,(H,18,19). The molecule has 1 aromatic carbocycles. The van der Waals surface area contributed by atoms with E-state index in [9.17, 15) is 9.18 Å². The van der Waals surface area contributed by atoms with Crippen molar-refractivity contribution in [3.8, 4) is 5.75 Å². The van der Waals surface area contributed by atoms with Crippen LogP contribution >= 0.6 is 0 Å². The molecule has 1 aliphatic rings. The van der Waals surface area contributed by atoms with Crippen molar-refractivity contribution in [2.24, 2.45) is 5.92 Å². The summed E-state index contributed by atoms with van der Waals surface area (Å²) in [7, 11) is 0. The average Bonchev–Trinajstić information content (AvgIpc) is 2.41. The molecule has 4 nitrogen and oxygen atoms in total. The molecule has 20 heavy (non-hydrogen) atoms. The van der Waals surface area contributed by atoms with Gasteiger partial charge in [-0.25, -0.2) is 9.18 Å². The first kappa shape index (κ1) is 14.6. The van der Waals surface area contributed by atoms with Gasteiger partial charge in [0.15, 0.2) is 11.6 Å². The molecule has 5 heteroatoms. The summed E-state index contributed by atoms with van der Waals surface area (Å²) in [6.45, 7) is 2.14. The van der Waals surface area contributed by atoms with Gasteiger partial charge < -0.3 is 15.6 Å². The van der Waals surface area contributed by atoms with Gasteiger partial charge in [-0.15, -0.1) is 0 Å². The first-order valence-electron chi connectivity index (χ1n) is 7.00. The SMILES string of the molecule is CCC1CCCC(Oc2cc(C(=O)O)c(N)cc2F)C1. The fourth-order valence-corrected chi connectivity index (χ4v) is 2.74. The molecule has 0 spiro atoms. The maximum atomic E-state index is 13.8. The van der Waals surface area contributed by atoms with E-state index < -0.39 is 11.8 Å². The third kappa shape index (κ3) is 3.21. The summed E-state index contributed by atoms with van der Waals surface area (Å²) < 4.78 is 19.5. The largest absolute Gasteiger partial charge is 0.487 e. The highest BCUT2D eigenvalue weighted by molar-refractivity contribution is 5.94. The third-order valence-corrected chi connectivity index (χ3v) is 3.94. The number of carboxylic acids is 1. The van der Waals surface area contributed by atoms with Gasteiger partial charge in [0, 0.05) is 11.8 Å². The zero-order chi connectivity index (χ0) is 14.7. The number of benzene rings is 1. The molecule has 2 rings (SSSR count). The second-order valence-corrected chi connectivity index (χ2v) is 5.36. The van der Waals surface area contributed by atoms with E-state index in [4.69, 9.17) is 15.6 Å². The maximum absolute atomic E-state index is 13.8. The van der Waals surface area contributed by atoms with Gasteiger partial charge >= 0.3 is 5.97 Å². The molecule has 2 atom stereocenters. The normalized spacial score (nSPS) is 22.5. The molecule has 2 unspecified atom stereocenters. The van der Waals surface area contributed by atoms with Crippen molar-refractivity contribution in [3.05, 3.63) is 23.5 Å². The van der Waals surface area contributed by atoms with Crippen LogP contribution in [0.2, 0.25) is 0 Å². The molecule has 1 saturated carbocycles. The number of carbonyl (C=O) groups is 1. The Labute approximate surface area is 117 Å². The fraction of sp³-hybridized carbons (Fsp3) is 0.533. The summed E-state index contributed by atoms with van der Waals surface area (Å²) in [5.41, 5.74) is 5.28. The minimum atomic E-state index is -1.18. The lowest BCUT2D eigenvalue weighted by atomic mass is 9.85. The van der Waals surface area contributed by atoms with E-state index in [1.165, 1.54) is 12.5 Å². The Balaban J connectivity index is 2.16. The minimum absolute atomic E-state index is 0.0154. The Hall–Kier alpha value is -1.78. The minimum Gasteiger partial charge on any atom is -0.487 e. The molecule has 1 fully saturated rings. The molecule has 0 aromatic heterocycles. The Morgan fingerprint density at radius 1 is 1.50 bits per heavy atom. The van der Waals surface area contributed by atoms with E-state index in [0.717, 1.165) is 31.7 Å². The van der Waals surface area contributed by atoms with Crippen molar-refractivity contribution in [2.75, 3.05) is 5.73 Å². The molecule has 1 aromatic rings. The lowest BCUT2D eigenvalue weighted by Gasteiger charge is -2.29. The molecule has 3 N–H and O–H groups in total. The highest BCUT2D eigenvalue weighted by Crippen LogP contribution is 2.32. The first-order valence-corrected chi connectivity index (χ1v) is 7.00. The predicted molar refractivity (Wildman–Crippen MR) is 74.4 cm³/mol. The van der Waals surface area contributed by atoms with Crippen LogP contribution in [-0.2, 0) is 0 Å². The van der Waals surface area contributed by atoms with Gasteiger partial charge in [0.2, 0.25) is 0 Å². The Morgan fingerprint density at radius 2 is 2.25 bits per heavy atom. The quantitative estimate of drug-likeness (QED) is 0.829. The molecule has 0 amide bonds. The van der Waals surface area contributed by atoms with E-state index >= 15 is 0 Å². The second kappa shape index (κ2) is 6.11. The first-order chi connectivity index (χ1) is 9.51. The van der Waals surface area contributed by atoms with Crippen LogP contribution in [0.25, 0.3) is 0 Å². The van der Waals surface area contributed by atoms with Gasteiger partial charge in [-0.05, 0) is 31.2 Å². The van der Waals surface area contributed by atoms with E-state index in [1.54, 1.807) is 0 Å². The van der Waals surface area contributed by atoms with Crippen LogP contribution in [0.5, 0.6) is 5.75 Å². The molecule has 1 aliphatic carbocycles. The van der Waals surface area contributed by atoms with Crippen molar-refractivity contribution in [1.29, 1.82) is 0 Å². The predicted octanol–water partition coefficient (Wildman–Crippen LogP) is 3.45. The molecule has 0 aliphatic heterocycles. The van der Waals surface area contributed by atoms with Gasteiger partial charge in [0.25, 0.3) is 0 Å². The Bertz CT molecular complexity index is 504. The van der Waals surface area contributed by atoms with Gasteiger partial charge in [-0.2, -0.15) is 0 Å². The summed E-state index contributed by atoms with van der Waals surface area (Å²) in [6.07, 6.45) is 5.05. The monoisotopic (exact) mass is 281 g/mol. The summed E-state index contributed by atoms with van der Waals surface area (Å²) >= 11 is 0. The van der Waals surface area contributed by atoms with Crippen LogP contribution < -0.4 is 10.5 Å². The van der Waals surface area contributed by atoms with Gasteiger partial charge in [0.1, 0.15) is 0 Å². The summed E-state index contributed by atoms with van der Waals surface area (Å²) in [4.78, 5) is 11.0. The Kier molecular flexibility index (Phi) is 4.47. The van der Waals surface area contributed by atoms with Crippen molar-refractivity contribution in [1.82, 2.24) is 0 Å². The van der Waals surface area contributed by atoms with Crippen LogP contribution in [0.15, 0.2) is 12.1 Å². The van der Waals surface area contributed by atoms with Crippen molar-refractivity contribution >= 4 is 11.7 Å². The van der Waals surface area contributed by atoms with Crippen LogP contribution in [0.1, 0.15) is 49.4 Å². The summed E-state index contributed by atoms with van der Waals surface area (Å²) in [5.74, 6) is -1.20. The topological polar surface area (TPSA) is 72.5 Å². The number of rotatable bonds is 4. The van der Waals surface area contributed by atoms with E-state index in [0.29, 0.717) is 5.92 Å². The number of halogens is 1. The smallest absolute Gasteiger partial charge is 0.337 e. The Morgan fingerprint density at radius 3 is 2.90 bits per heavy atom.